The molecule has 0 bridgehead atoms. The van der Waals surface area contributed by atoms with Crippen LogP contribution < -0.4 is 4.74 Å². The number of fused-ring (bicyclic) bond motifs is 3. The fourth-order valence-corrected chi connectivity index (χ4v) is 2.54. The summed E-state index contributed by atoms with van der Waals surface area (Å²) in [6.07, 6.45) is -0.194. The summed E-state index contributed by atoms with van der Waals surface area (Å²) in [5, 5.41) is 9.57. The highest BCUT2D eigenvalue weighted by molar-refractivity contribution is 5.76. The topological polar surface area (TPSA) is 29.5 Å². The highest BCUT2D eigenvalue weighted by Gasteiger charge is 2.28. The summed E-state index contributed by atoms with van der Waals surface area (Å²) in [4.78, 5) is 0. The van der Waals surface area contributed by atoms with Gasteiger partial charge in [-0.25, -0.2) is 4.39 Å². The summed E-state index contributed by atoms with van der Waals surface area (Å²) in [5.74, 6) is 0.788. The van der Waals surface area contributed by atoms with E-state index in [9.17, 15) is 9.50 Å². The molecule has 1 atom stereocenters. The standard InChI is InChI=1S/C16H15FO2/c1-9(2)16-14-7-10(17)3-5-12(14)13-6-4-11(18)8-15(13)19-16/h3-9,16,18H,1-2H3/t16-/m0/s1. The van der Waals surface area contributed by atoms with Gasteiger partial charge in [0.05, 0.1) is 0 Å². The maximum atomic E-state index is 13.5. The third-order valence-corrected chi connectivity index (χ3v) is 3.43. The Hall–Kier alpha value is -2.03. The summed E-state index contributed by atoms with van der Waals surface area (Å²) in [6, 6.07) is 9.80. The molecule has 0 spiro atoms. The molecule has 0 aliphatic carbocycles. The molecule has 3 heteroatoms. The number of phenolic OH excluding ortho intramolecular Hbond substituents is 1. The van der Waals surface area contributed by atoms with Crippen LogP contribution in [0.2, 0.25) is 0 Å². The van der Waals surface area contributed by atoms with E-state index in [1.54, 1.807) is 24.3 Å². The molecule has 0 fully saturated rings. The molecular weight excluding hydrogens is 243 g/mol. The minimum absolute atomic E-state index is 0.173. The Labute approximate surface area is 111 Å². The lowest BCUT2D eigenvalue weighted by Gasteiger charge is -2.31. The molecule has 98 valence electrons. The van der Waals surface area contributed by atoms with Crippen molar-refractivity contribution in [3.8, 4) is 22.6 Å². The summed E-state index contributed by atoms with van der Waals surface area (Å²) < 4.78 is 19.4. The highest BCUT2D eigenvalue weighted by Crippen LogP contribution is 2.45. The molecule has 2 aromatic carbocycles. The summed E-state index contributed by atoms with van der Waals surface area (Å²) >= 11 is 0. The molecule has 0 amide bonds. The van der Waals surface area contributed by atoms with Crippen molar-refractivity contribution in [2.24, 2.45) is 5.92 Å². The number of rotatable bonds is 1. The maximum absolute atomic E-state index is 13.5. The van der Waals surface area contributed by atoms with Gasteiger partial charge in [0, 0.05) is 17.2 Å². The smallest absolute Gasteiger partial charge is 0.131 e. The van der Waals surface area contributed by atoms with Gasteiger partial charge in [0.15, 0.2) is 0 Å². The van der Waals surface area contributed by atoms with Crippen LogP contribution in [0.4, 0.5) is 4.39 Å². The van der Waals surface area contributed by atoms with Crippen molar-refractivity contribution in [3.63, 3.8) is 0 Å². The normalized spacial score (nSPS) is 16.7. The van der Waals surface area contributed by atoms with Crippen LogP contribution in [0.1, 0.15) is 25.5 Å². The number of ether oxygens (including phenoxy) is 1. The lowest BCUT2D eigenvalue weighted by molar-refractivity contribution is 0.150. The second kappa shape index (κ2) is 4.26. The first kappa shape index (κ1) is 12.0. The predicted octanol–water partition coefficient (Wildman–Crippen LogP) is 4.29. The van der Waals surface area contributed by atoms with Gasteiger partial charge < -0.3 is 9.84 Å². The Kier molecular flexibility index (Phi) is 2.70. The zero-order valence-electron chi connectivity index (χ0n) is 10.9. The van der Waals surface area contributed by atoms with E-state index < -0.39 is 0 Å². The Morgan fingerprint density at radius 1 is 1.11 bits per heavy atom. The second-order valence-electron chi connectivity index (χ2n) is 5.19. The van der Waals surface area contributed by atoms with Crippen molar-refractivity contribution < 1.29 is 14.2 Å². The van der Waals surface area contributed by atoms with Crippen molar-refractivity contribution in [3.05, 3.63) is 47.8 Å². The van der Waals surface area contributed by atoms with Gasteiger partial charge in [-0.15, -0.1) is 0 Å². The number of benzene rings is 2. The molecule has 1 aliphatic heterocycles. The van der Waals surface area contributed by atoms with Crippen molar-refractivity contribution in [2.45, 2.75) is 20.0 Å². The number of phenols is 1. The molecule has 0 aromatic heterocycles. The summed E-state index contributed by atoms with van der Waals surface area (Å²) in [5.41, 5.74) is 2.74. The molecule has 3 rings (SSSR count). The molecule has 0 saturated carbocycles. The van der Waals surface area contributed by atoms with Crippen LogP contribution in [-0.4, -0.2) is 5.11 Å². The molecule has 0 unspecified atom stereocenters. The second-order valence-corrected chi connectivity index (χ2v) is 5.19. The van der Waals surface area contributed by atoms with Crippen molar-refractivity contribution in [1.29, 1.82) is 0 Å². The van der Waals surface area contributed by atoms with E-state index in [1.807, 2.05) is 13.8 Å². The molecular formula is C16H15FO2. The largest absolute Gasteiger partial charge is 0.508 e. The molecule has 1 N–H and O–H groups in total. The monoisotopic (exact) mass is 258 g/mol. The average molecular weight is 258 g/mol. The lowest BCUT2D eigenvalue weighted by Crippen LogP contribution is -2.19. The molecule has 2 aromatic rings. The Balaban J connectivity index is 2.24. The van der Waals surface area contributed by atoms with E-state index >= 15 is 0 Å². The van der Waals surface area contributed by atoms with E-state index in [-0.39, 0.29) is 23.6 Å². The van der Waals surface area contributed by atoms with Gasteiger partial charge in [-0.05, 0) is 35.7 Å². The SMILES string of the molecule is CC(C)[C@@H]1Oc2cc(O)ccc2-c2ccc(F)cc21. The third kappa shape index (κ3) is 1.95. The third-order valence-electron chi connectivity index (χ3n) is 3.43. The summed E-state index contributed by atoms with van der Waals surface area (Å²) in [7, 11) is 0. The van der Waals surface area contributed by atoms with E-state index in [2.05, 4.69) is 0 Å². The molecule has 1 aliphatic rings. The van der Waals surface area contributed by atoms with Gasteiger partial charge in [0.25, 0.3) is 0 Å². The van der Waals surface area contributed by atoms with Gasteiger partial charge in [0.2, 0.25) is 0 Å². The number of halogens is 1. The van der Waals surface area contributed by atoms with Crippen LogP contribution in [0.25, 0.3) is 11.1 Å². The van der Waals surface area contributed by atoms with Crippen LogP contribution in [0.3, 0.4) is 0 Å². The van der Waals surface area contributed by atoms with Crippen LogP contribution >= 0.6 is 0 Å². The van der Waals surface area contributed by atoms with Crippen LogP contribution in [0, 0.1) is 11.7 Å². The zero-order chi connectivity index (χ0) is 13.6. The number of hydrogen-bond acceptors (Lipinski definition) is 2. The van der Waals surface area contributed by atoms with Gasteiger partial charge in [-0.2, -0.15) is 0 Å². The van der Waals surface area contributed by atoms with E-state index in [0.29, 0.717) is 5.75 Å². The highest BCUT2D eigenvalue weighted by atomic mass is 19.1. The van der Waals surface area contributed by atoms with Crippen LogP contribution in [-0.2, 0) is 0 Å². The predicted molar refractivity (Wildman–Crippen MR) is 71.7 cm³/mol. The van der Waals surface area contributed by atoms with E-state index in [1.165, 1.54) is 12.1 Å². The maximum Gasteiger partial charge on any atom is 0.131 e. The van der Waals surface area contributed by atoms with Crippen LogP contribution in [0.15, 0.2) is 36.4 Å². The van der Waals surface area contributed by atoms with Crippen molar-refractivity contribution in [2.75, 3.05) is 0 Å². The number of aromatic hydroxyl groups is 1. The van der Waals surface area contributed by atoms with Crippen molar-refractivity contribution >= 4 is 0 Å². The first-order valence-corrected chi connectivity index (χ1v) is 6.36. The van der Waals surface area contributed by atoms with Crippen molar-refractivity contribution in [1.82, 2.24) is 0 Å². The first-order chi connectivity index (χ1) is 9.06. The lowest BCUT2D eigenvalue weighted by atomic mass is 9.88. The van der Waals surface area contributed by atoms with E-state index in [4.69, 9.17) is 4.74 Å². The molecule has 0 saturated heterocycles. The Bertz CT molecular complexity index is 635. The van der Waals surface area contributed by atoms with Gasteiger partial charge in [0.1, 0.15) is 23.4 Å². The minimum Gasteiger partial charge on any atom is -0.508 e. The van der Waals surface area contributed by atoms with Gasteiger partial charge >= 0.3 is 0 Å². The van der Waals surface area contributed by atoms with Gasteiger partial charge in [-0.3, -0.25) is 0 Å². The molecule has 19 heavy (non-hydrogen) atoms. The fraction of sp³-hybridized carbons (Fsp3) is 0.250. The average Bonchev–Trinajstić information content (AvgIpc) is 2.37. The number of hydrogen-bond donors (Lipinski definition) is 1. The molecule has 1 heterocycles. The molecule has 0 radical (unpaired) electrons. The zero-order valence-corrected chi connectivity index (χ0v) is 10.9. The quantitative estimate of drug-likeness (QED) is 0.826. The summed E-state index contributed by atoms with van der Waals surface area (Å²) in [6.45, 7) is 4.07. The minimum atomic E-state index is -0.254. The Morgan fingerprint density at radius 3 is 2.58 bits per heavy atom. The van der Waals surface area contributed by atoms with E-state index in [0.717, 1.165) is 16.7 Å². The van der Waals surface area contributed by atoms with Crippen LogP contribution in [0.5, 0.6) is 11.5 Å². The first-order valence-electron chi connectivity index (χ1n) is 6.36. The molecule has 2 nitrogen and oxygen atoms in total. The Morgan fingerprint density at radius 2 is 1.84 bits per heavy atom. The fourth-order valence-electron chi connectivity index (χ4n) is 2.54. The van der Waals surface area contributed by atoms with Gasteiger partial charge in [-0.1, -0.05) is 19.9 Å².